The summed E-state index contributed by atoms with van der Waals surface area (Å²) in [6, 6.07) is 13.3. The Morgan fingerprint density at radius 1 is 0.970 bits per heavy atom. The van der Waals surface area contributed by atoms with Gasteiger partial charge in [-0.15, -0.1) is 0 Å². The number of carbonyl (C=O) groups excluding carboxylic acids is 1. The molecule has 1 aliphatic carbocycles. The monoisotopic (exact) mass is 442 g/mol. The number of hydrogen-bond acceptors (Lipinski definition) is 3. The van der Waals surface area contributed by atoms with E-state index in [1.165, 1.54) is 22.4 Å². The Morgan fingerprint density at radius 3 is 2.48 bits per heavy atom. The highest BCUT2D eigenvalue weighted by atomic mass is 16.2. The standard InChI is InChI=1S/C28H34N4O/c1-17-7-4-5-9-22(17)29-27-28(31-24-14-19(3)18(2)13-23(24)30-27)15-20-8-6-10-25(33)32-12-11-21(16-28)26(20)32/h4-5,7,9,13-14,20-21,26,31H,6,8,10-12,15-16H2,1-3H3,(H,29,30)/t20-,21+,26-,28+/m1/s1. The highest BCUT2D eigenvalue weighted by Gasteiger charge is 2.55. The molecule has 0 bridgehead atoms. The van der Waals surface area contributed by atoms with Crippen molar-refractivity contribution in [3.05, 3.63) is 53.1 Å². The number of para-hydroxylation sites is 1. The molecule has 2 aromatic carbocycles. The third kappa shape index (κ3) is 3.35. The van der Waals surface area contributed by atoms with Crippen LogP contribution < -0.4 is 10.6 Å². The summed E-state index contributed by atoms with van der Waals surface area (Å²) >= 11 is 0. The van der Waals surface area contributed by atoms with Gasteiger partial charge in [0.2, 0.25) is 5.91 Å². The summed E-state index contributed by atoms with van der Waals surface area (Å²) in [7, 11) is 0. The Hall–Kier alpha value is -2.82. The Morgan fingerprint density at radius 2 is 1.70 bits per heavy atom. The number of hydrogen-bond donors (Lipinski definition) is 2. The maximum absolute atomic E-state index is 12.7. The summed E-state index contributed by atoms with van der Waals surface area (Å²) in [4.78, 5) is 20.2. The van der Waals surface area contributed by atoms with E-state index in [0.717, 1.165) is 55.9 Å². The van der Waals surface area contributed by atoms with E-state index in [1.807, 2.05) is 0 Å². The zero-order valence-corrected chi connectivity index (χ0v) is 19.9. The second kappa shape index (κ2) is 7.61. The summed E-state index contributed by atoms with van der Waals surface area (Å²) in [5.41, 5.74) is 6.87. The van der Waals surface area contributed by atoms with E-state index in [4.69, 9.17) is 4.99 Å². The average molecular weight is 443 g/mol. The topological polar surface area (TPSA) is 56.7 Å². The van der Waals surface area contributed by atoms with Crippen molar-refractivity contribution < 1.29 is 4.79 Å². The predicted molar refractivity (Wildman–Crippen MR) is 134 cm³/mol. The van der Waals surface area contributed by atoms with Gasteiger partial charge in [-0.3, -0.25) is 4.79 Å². The largest absolute Gasteiger partial charge is 0.371 e. The third-order valence-electron chi connectivity index (χ3n) is 8.64. The van der Waals surface area contributed by atoms with Crippen molar-refractivity contribution in [3.63, 3.8) is 0 Å². The van der Waals surface area contributed by atoms with E-state index < -0.39 is 0 Å². The molecule has 0 aromatic heterocycles. The zero-order valence-electron chi connectivity index (χ0n) is 19.9. The molecule has 4 atom stereocenters. The SMILES string of the molecule is Cc1cc2c(cc1C)N[C@]1(C[C@H]3CCCC(=O)N4CC[C@@H](C1)[C@@H]34)C(=Nc1ccccc1C)N2. The van der Waals surface area contributed by atoms with Crippen LogP contribution in [0.15, 0.2) is 41.4 Å². The smallest absolute Gasteiger partial charge is 0.222 e. The Kier molecular flexibility index (Phi) is 4.79. The van der Waals surface area contributed by atoms with Crippen LogP contribution in [0.1, 0.15) is 55.2 Å². The first-order chi connectivity index (χ1) is 15.9. The number of benzene rings is 2. The fourth-order valence-corrected chi connectivity index (χ4v) is 6.89. The van der Waals surface area contributed by atoms with Gasteiger partial charge < -0.3 is 15.5 Å². The van der Waals surface area contributed by atoms with Crippen LogP contribution in [0.4, 0.5) is 17.1 Å². The van der Waals surface area contributed by atoms with Gasteiger partial charge in [-0.2, -0.15) is 0 Å². The summed E-state index contributed by atoms with van der Waals surface area (Å²) in [5, 5.41) is 7.81. The molecule has 3 heterocycles. The molecule has 1 amide bonds. The molecule has 5 nitrogen and oxygen atoms in total. The molecule has 3 fully saturated rings. The van der Waals surface area contributed by atoms with E-state index in [0.29, 0.717) is 30.2 Å². The first-order valence-electron chi connectivity index (χ1n) is 12.5. The van der Waals surface area contributed by atoms with Crippen LogP contribution in [-0.4, -0.2) is 34.8 Å². The molecular formula is C28H34N4O. The van der Waals surface area contributed by atoms with Crippen LogP contribution in [0.25, 0.3) is 0 Å². The molecule has 6 rings (SSSR count). The van der Waals surface area contributed by atoms with Gasteiger partial charge in [0.05, 0.1) is 22.6 Å². The maximum Gasteiger partial charge on any atom is 0.222 e. The van der Waals surface area contributed by atoms with Gasteiger partial charge >= 0.3 is 0 Å². The van der Waals surface area contributed by atoms with Crippen LogP contribution in [0.5, 0.6) is 0 Å². The Labute approximate surface area is 196 Å². The number of rotatable bonds is 1. The molecule has 2 aromatic rings. The average Bonchev–Trinajstić information content (AvgIpc) is 3.14. The van der Waals surface area contributed by atoms with Gasteiger partial charge in [0.25, 0.3) is 0 Å². The number of fused-ring (bicyclic) bond motifs is 1. The molecule has 172 valence electrons. The summed E-state index contributed by atoms with van der Waals surface area (Å²) in [6.45, 7) is 7.41. The predicted octanol–water partition coefficient (Wildman–Crippen LogP) is 5.73. The second-order valence-electron chi connectivity index (χ2n) is 10.7. The number of aliphatic imine (C=N–C) groups is 1. The first-order valence-corrected chi connectivity index (χ1v) is 12.5. The highest BCUT2D eigenvalue weighted by Crippen LogP contribution is 2.51. The van der Waals surface area contributed by atoms with Crippen LogP contribution in [0, 0.1) is 32.6 Å². The van der Waals surface area contributed by atoms with Crippen molar-refractivity contribution in [2.75, 3.05) is 17.2 Å². The molecule has 2 saturated heterocycles. The maximum atomic E-state index is 12.7. The lowest BCUT2D eigenvalue weighted by Crippen LogP contribution is -2.60. The van der Waals surface area contributed by atoms with Crippen molar-refractivity contribution >= 4 is 28.8 Å². The first kappa shape index (κ1) is 20.8. The van der Waals surface area contributed by atoms with Gasteiger partial charge in [-0.05, 0) is 99.6 Å². The van der Waals surface area contributed by atoms with Crippen molar-refractivity contribution in [3.8, 4) is 0 Å². The fourth-order valence-electron chi connectivity index (χ4n) is 6.89. The highest BCUT2D eigenvalue weighted by molar-refractivity contribution is 6.11. The molecule has 33 heavy (non-hydrogen) atoms. The number of nitrogens with zero attached hydrogens (tertiary/aromatic N) is 2. The number of nitrogens with one attached hydrogen (secondary N) is 2. The lowest BCUT2D eigenvalue weighted by Gasteiger charge is -2.51. The number of amidine groups is 1. The minimum absolute atomic E-state index is 0.230. The molecule has 1 saturated carbocycles. The Bertz CT molecular complexity index is 1150. The van der Waals surface area contributed by atoms with Gasteiger partial charge in [0.15, 0.2) is 0 Å². The van der Waals surface area contributed by atoms with E-state index in [-0.39, 0.29) is 5.54 Å². The van der Waals surface area contributed by atoms with Crippen LogP contribution in [0.2, 0.25) is 0 Å². The van der Waals surface area contributed by atoms with Crippen molar-refractivity contribution in [2.24, 2.45) is 16.8 Å². The molecule has 0 unspecified atom stereocenters. The normalized spacial score (nSPS) is 31.6. The number of anilines is 2. The number of aryl methyl sites for hydroxylation is 3. The quantitative estimate of drug-likeness (QED) is 0.593. The minimum atomic E-state index is -0.230. The van der Waals surface area contributed by atoms with Crippen molar-refractivity contribution in [1.82, 2.24) is 4.90 Å². The molecule has 2 N–H and O–H groups in total. The van der Waals surface area contributed by atoms with Gasteiger partial charge in [-0.1, -0.05) is 18.2 Å². The zero-order chi connectivity index (χ0) is 22.7. The van der Waals surface area contributed by atoms with E-state index in [9.17, 15) is 4.79 Å². The second-order valence-corrected chi connectivity index (χ2v) is 10.7. The minimum Gasteiger partial charge on any atom is -0.371 e. The summed E-state index contributed by atoms with van der Waals surface area (Å²) in [5.74, 6) is 2.46. The third-order valence-corrected chi connectivity index (χ3v) is 8.64. The van der Waals surface area contributed by atoms with Crippen molar-refractivity contribution in [1.29, 1.82) is 0 Å². The number of amides is 1. The molecule has 4 aliphatic rings. The fraction of sp³-hybridized carbons (Fsp3) is 0.500. The molecule has 3 aliphatic heterocycles. The molecule has 0 radical (unpaired) electrons. The Balaban J connectivity index is 1.47. The van der Waals surface area contributed by atoms with Crippen molar-refractivity contribution in [2.45, 2.75) is 70.9 Å². The van der Waals surface area contributed by atoms with Crippen LogP contribution >= 0.6 is 0 Å². The van der Waals surface area contributed by atoms with Gasteiger partial charge in [0, 0.05) is 19.0 Å². The van der Waals surface area contributed by atoms with Crippen LogP contribution in [-0.2, 0) is 4.79 Å². The molecule has 1 spiro atoms. The lowest BCUT2D eigenvalue weighted by atomic mass is 9.65. The molecular weight excluding hydrogens is 408 g/mol. The van der Waals surface area contributed by atoms with E-state index >= 15 is 0 Å². The van der Waals surface area contributed by atoms with E-state index in [1.54, 1.807) is 0 Å². The number of carbonyl (C=O) groups is 1. The van der Waals surface area contributed by atoms with Crippen LogP contribution in [0.3, 0.4) is 0 Å². The lowest BCUT2D eigenvalue weighted by molar-refractivity contribution is -0.132. The molecule has 5 heteroatoms. The summed E-state index contributed by atoms with van der Waals surface area (Å²) in [6.07, 6.45) is 5.98. The van der Waals surface area contributed by atoms with Gasteiger partial charge in [0.1, 0.15) is 5.84 Å². The summed E-state index contributed by atoms with van der Waals surface area (Å²) < 4.78 is 0. The van der Waals surface area contributed by atoms with Gasteiger partial charge in [-0.25, -0.2) is 4.99 Å². The van der Waals surface area contributed by atoms with E-state index in [2.05, 4.69) is 72.7 Å².